The van der Waals surface area contributed by atoms with Gasteiger partial charge in [-0.1, -0.05) is 0 Å². The Labute approximate surface area is 186 Å². The smallest absolute Gasteiger partial charge is 0.252 e. The number of ether oxygens (including phenoxy) is 2. The molecule has 0 radical (unpaired) electrons. The van der Waals surface area contributed by atoms with Crippen LogP contribution < -0.4 is 14.8 Å². The fourth-order valence-corrected chi connectivity index (χ4v) is 4.42. The number of hydrogen-bond acceptors (Lipinski definition) is 6. The summed E-state index contributed by atoms with van der Waals surface area (Å²) in [7, 11) is 0. The largest absolute Gasteiger partial charge is 0.486 e. The summed E-state index contributed by atoms with van der Waals surface area (Å²) in [5.74, 6) is 1.84. The number of carbonyl (C=O) groups is 1. The van der Waals surface area contributed by atoms with Crippen LogP contribution in [-0.2, 0) is 0 Å². The number of H-pyrrole nitrogens is 1. The molecule has 5 rings (SSSR count). The lowest BCUT2D eigenvalue weighted by Gasteiger charge is -2.35. The molecule has 1 saturated heterocycles. The molecule has 2 aromatic heterocycles. The van der Waals surface area contributed by atoms with Crippen molar-refractivity contribution >= 4 is 16.8 Å². The van der Waals surface area contributed by atoms with Crippen molar-refractivity contribution in [1.82, 2.24) is 20.2 Å². The summed E-state index contributed by atoms with van der Waals surface area (Å²) in [6, 6.07) is 11.3. The quantitative estimate of drug-likeness (QED) is 0.644. The average Bonchev–Trinajstić information content (AvgIpc) is 3.28. The minimum Gasteiger partial charge on any atom is -0.486 e. The van der Waals surface area contributed by atoms with E-state index < -0.39 is 0 Å². The Kier molecular flexibility index (Phi) is 5.65. The highest BCUT2D eigenvalue weighted by Gasteiger charge is 2.28. The van der Waals surface area contributed by atoms with Crippen molar-refractivity contribution in [3.05, 3.63) is 54.0 Å². The second-order valence-corrected chi connectivity index (χ2v) is 8.40. The van der Waals surface area contributed by atoms with Crippen molar-refractivity contribution in [1.29, 1.82) is 5.26 Å². The SMILES string of the molecule is N#Cc1cc2c3c(ccc2[nH]1)OCC(CN1CCC(CNC(=O)c2cccnc2)CC1)O3. The normalized spacial score (nSPS) is 18.9. The van der Waals surface area contributed by atoms with E-state index in [4.69, 9.17) is 9.47 Å². The Morgan fingerprint density at radius 3 is 2.97 bits per heavy atom. The van der Waals surface area contributed by atoms with Crippen molar-refractivity contribution < 1.29 is 14.3 Å². The van der Waals surface area contributed by atoms with Crippen molar-refractivity contribution in [2.75, 3.05) is 32.8 Å². The first-order chi connectivity index (χ1) is 15.7. The van der Waals surface area contributed by atoms with Gasteiger partial charge in [0.15, 0.2) is 11.5 Å². The third-order valence-electron chi connectivity index (χ3n) is 6.19. The summed E-state index contributed by atoms with van der Waals surface area (Å²) in [6.07, 6.45) is 5.26. The molecular weight excluding hydrogens is 406 g/mol. The predicted octanol–water partition coefficient (Wildman–Crippen LogP) is 2.72. The summed E-state index contributed by atoms with van der Waals surface area (Å²) in [4.78, 5) is 21.7. The van der Waals surface area contributed by atoms with Gasteiger partial charge in [0.25, 0.3) is 5.91 Å². The fourth-order valence-electron chi connectivity index (χ4n) is 4.42. The first kappa shape index (κ1) is 20.3. The lowest BCUT2D eigenvalue weighted by molar-refractivity contribution is 0.0490. The van der Waals surface area contributed by atoms with Crippen molar-refractivity contribution in [3.8, 4) is 17.6 Å². The number of rotatable bonds is 5. The van der Waals surface area contributed by atoms with Crippen LogP contribution in [0.25, 0.3) is 10.9 Å². The Bertz CT molecular complexity index is 1150. The van der Waals surface area contributed by atoms with Gasteiger partial charge in [-0.05, 0) is 62.2 Å². The Morgan fingerprint density at radius 1 is 1.31 bits per heavy atom. The number of benzene rings is 1. The van der Waals surface area contributed by atoms with Gasteiger partial charge in [0.2, 0.25) is 0 Å². The van der Waals surface area contributed by atoms with E-state index in [1.807, 2.05) is 18.2 Å². The van der Waals surface area contributed by atoms with Gasteiger partial charge >= 0.3 is 0 Å². The van der Waals surface area contributed by atoms with Crippen LogP contribution in [0.1, 0.15) is 28.9 Å². The van der Waals surface area contributed by atoms with E-state index >= 15 is 0 Å². The van der Waals surface area contributed by atoms with Crippen LogP contribution >= 0.6 is 0 Å². The highest BCUT2D eigenvalue weighted by Crippen LogP contribution is 2.39. The van der Waals surface area contributed by atoms with Crippen molar-refractivity contribution in [3.63, 3.8) is 0 Å². The Balaban J connectivity index is 1.13. The molecule has 2 N–H and O–H groups in total. The topological polar surface area (TPSA) is 103 Å². The molecule has 3 aromatic rings. The number of nitriles is 1. The van der Waals surface area contributed by atoms with Gasteiger partial charge in [-0.15, -0.1) is 0 Å². The molecule has 1 amide bonds. The molecule has 8 nitrogen and oxygen atoms in total. The first-order valence-corrected chi connectivity index (χ1v) is 11.0. The van der Waals surface area contributed by atoms with Crippen molar-refractivity contribution in [2.45, 2.75) is 18.9 Å². The van der Waals surface area contributed by atoms with Crippen LogP contribution in [0.3, 0.4) is 0 Å². The predicted molar refractivity (Wildman–Crippen MR) is 119 cm³/mol. The standard InChI is InChI=1S/C24H25N5O3/c25-11-18-10-20-21(28-18)3-4-22-23(20)32-19(15-31-22)14-29-8-5-16(6-9-29)12-27-24(30)17-2-1-7-26-13-17/h1-4,7,10,13,16,19,28H,5-6,8-9,12,14-15H2,(H,27,30). The molecule has 0 spiro atoms. The van der Waals surface area contributed by atoms with Gasteiger partial charge in [0.05, 0.1) is 11.1 Å². The van der Waals surface area contributed by atoms with E-state index in [-0.39, 0.29) is 12.0 Å². The van der Waals surface area contributed by atoms with E-state index in [0.717, 1.165) is 49.1 Å². The van der Waals surface area contributed by atoms with Crippen LogP contribution in [0.5, 0.6) is 11.5 Å². The number of nitrogens with zero attached hydrogens (tertiary/aromatic N) is 3. The van der Waals surface area contributed by atoms with Crippen LogP contribution in [0.2, 0.25) is 0 Å². The zero-order chi connectivity index (χ0) is 21.9. The minimum atomic E-state index is -0.0671. The molecule has 4 heterocycles. The van der Waals surface area contributed by atoms with Crippen LogP contribution in [0, 0.1) is 17.2 Å². The summed E-state index contributed by atoms with van der Waals surface area (Å²) < 4.78 is 12.3. The van der Waals surface area contributed by atoms with Gasteiger partial charge in [0.1, 0.15) is 24.5 Å². The number of nitrogens with one attached hydrogen (secondary N) is 2. The number of aromatic amines is 1. The van der Waals surface area contributed by atoms with Crippen LogP contribution in [-0.4, -0.2) is 59.7 Å². The number of carbonyl (C=O) groups excluding carboxylic acids is 1. The molecule has 1 aromatic carbocycles. The molecule has 1 unspecified atom stereocenters. The van der Waals surface area contributed by atoms with Gasteiger partial charge in [-0.2, -0.15) is 5.26 Å². The van der Waals surface area contributed by atoms with E-state index in [2.05, 4.69) is 26.3 Å². The molecule has 1 fully saturated rings. The first-order valence-electron chi connectivity index (χ1n) is 11.0. The zero-order valence-electron chi connectivity index (χ0n) is 17.7. The lowest BCUT2D eigenvalue weighted by Crippen LogP contribution is -2.45. The third kappa shape index (κ3) is 4.25. The van der Waals surface area contributed by atoms with Gasteiger partial charge in [-0.25, -0.2) is 0 Å². The molecule has 0 saturated carbocycles. The van der Waals surface area contributed by atoms with Gasteiger partial charge in [0, 0.05) is 30.9 Å². The molecule has 0 aliphatic carbocycles. The highest BCUT2D eigenvalue weighted by molar-refractivity contribution is 5.93. The maximum Gasteiger partial charge on any atom is 0.252 e. The average molecular weight is 431 g/mol. The second kappa shape index (κ2) is 8.89. The summed E-state index contributed by atoms with van der Waals surface area (Å²) >= 11 is 0. The molecule has 164 valence electrons. The number of likely N-dealkylation sites (tertiary alicyclic amines) is 1. The van der Waals surface area contributed by atoms with E-state index in [0.29, 0.717) is 36.1 Å². The van der Waals surface area contributed by atoms with E-state index in [1.165, 1.54) is 0 Å². The van der Waals surface area contributed by atoms with Crippen LogP contribution in [0.15, 0.2) is 42.7 Å². The number of amides is 1. The number of piperidine rings is 1. The van der Waals surface area contributed by atoms with Crippen LogP contribution in [0.4, 0.5) is 0 Å². The van der Waals surface area contributed by atoms with E-state index in [1.54, 1.807) is 24.5 Å². The Hall–Kier alpha value is -3.57. The molecular formula is C24H25N5O3. The van der Waals surface area contributed by atoms with E-state index in [9.17, 15) is 10.1 Å². The Morgan fingerprint density at radius 2 is 2.19 bits per heavy atom. The second-order valence-electron chi connectivity index (χ2n) is 8.40. The lowest BCUT2D eigenvalue weighted by atomic mass is 9.96. The fraction of sp³-hybridized carbons (Fsp3) is 0.375. The monoisotopic (exact) mass is 431 g/mol. The third-order valence-corrected chi connectivity index (χ3v) is 6.19. The minimum absolute atomic E-state index is 0.0598. The number of hydrogen-bond donors (Lipinski definition) is 2. The summed E-state index contributed by atoms with van der Waals surface area (Å²) in [5.41, 5.74) is 1.98. The molecule has 1 atom stereocenters. The number of aromatic nitrogens is 2. The van der Waals surface area contributed by atoms with Gasteiger partial charge < -0.3 is 19.8 Å². The molecule has 0 bridgehead atoms. The van der Waals surface area contributed by atoms with Crippen molar-refractivity contribution in [2.24, 2.45) is 5.92 Å². The maximum atomic E-state index is 12.2. The molecule has 8 heteroatoms. The summed E-state index contributed by atoms with van der Waals surface area (Å²) in [5, 5.41) is 13.1. The van der Waals surface area contributed by atoms with Gasteiger partial charge in [-0.3, -0.25) is 14.7 Å². The number of fused-ring (bicyclic) bond motifs is 3. The summed E-state index contributed by atoms with van der Waals surface area (Å²) in [6.45, 7) is 3.92. The molecule has 2 aliphatic rings. The molecule has 2 aliphatic heterocycles. The zero-order valence-corrected chi connectivity index (χ0v) is 17.7. The number of pyridine rings is 1. The molecule has 32 heavy (non-hydrogen) atoms. The highest BCUT2D eigenvalue weighted by atomic mass is 16.6. The maximum absolute atomic E-state index is 12.2.